The molecule has 0 radical (unpaired) electrons. The summed E-state index contributed by atoms with van der Waals surface area (Å²) >= 11 is 3.52. The molecule has 2 nitrogen and oxygen atoms in total. The fraction of sp³-hybridized carbons (Fsp3) is 0.462. The van der Waals surface area contributed by atoms with Crippen LogP contribution in [0.25, 0.3) is 0 Å². The minimum atomic E-state index is 0.173. The fourth-order valence-corrected chi connectivity index (χ4v) is 2.16. The van der Waals surface area contributed by atoms with Gasteiger partial charge in [0.2, 0.25) is 5.91 Å². The van der Waals surface area contributed by atoms with Crippen molar-refractivity contribution in [3.05, 3.63) is 27.7 Å². The van der Waals surface area contributed by atoms with Crippen LogP contribution >= 0.6 is 15.9 Å². The second-order valence-corrected chi connectivity index (χ2v) is 5.33. The maximum atomic E-state index is 11.8. The molecular formula is C13H16BrNO. The molecule has 0 atom stereocenters. The van der Waals surface area contributed by atoms with Crippen molar-refractivity contribution in [1.29, 1.82) is 0 Å². The average Bonchev–Trinajstić information content (AvgIpc) is 2.10. The molecule has 1 aliphatic rings. The van der Waals surface area contributed by atoms with E-state index in [0.29, 0.717) is 0 Å². The zero-order valence-electron chi connectivity index (χ0n) is 9.64. The molecule has 0 bridgehead atoms. The van der Waals surface area contributed by atoms with Crippen LogP contribution in [0.3, 0.4) is 0 Å². The number of nitrogens with one attached hydrogen (secondary N) is 1. The number of benzene rings is 1. The Morgan fingerprint density at radius 1 is 1.31 bits per heavy atom. The summed E-state index contributed by atoms with van der Waals surface area (Å²) in [5.41, 5.74) is 3.22. The van der Waals surface area contributed by atoms with Crippen molar-refractivity contribution < 1.29 is 4.79 Å². The second kappa shape index (κ2) is 4.58. The fourth-order valence-electron chi connectivity index (χ4n) is 1.93. The third kappa shape index (κ3) is 2.29. The van der Waals surface area contributed by atoms with Gasteiger partial charge in [-0.3, -0.25) is 4.79 Å². The molecule has 0 aromatic heterocycles. The SMILES string of the molecule is Cc1cc(NC(=O)C2CCC2)cc(C)c1Br. The first-order chi connectivity index (χ1) is 7.58. The van der Waals surface area contributed by atoms with E-state index < -0.39 is 0 Å². The van der Waals surface area contributed by atoms with Gasteiger partial charge in [-0.2, -0.15) is 0 Å². The van der Waals surface area contributed by atoms with Crippen LogP contribution in [0.15, 0.2) is 16.6 Å². The number of amides is 1. The monoisotopic (exact) mass is 281 g/mol. The largest absolute Gasteiger partial charge is 0.326 e. The van der Waals surface area contributed by atoms with Gasteiger partial charge in [0.15, 0.2) is 0 Å². The molecule has 1 fully saturated rings. The van der Waals surface area contributed by atoms with Crippen molar-refractivity contribution in [2.45, 2.75) is 33.1 Å². The zero-order chi connectivity index (χ0) is 11.7. The smallest absolute Gasteiger partial charge is 0.227 e. The molecule has 0 unspecified atom stereocenters. The summed E-state index contributed by atoms with van der Waals surface area (Å²) in [7, 11) is 0. The van der Waals surface area contributed by atoms with E-state index in [0.717, 1.165) is 34.1 Å². The van der Waals surface area contributed by atoms with Gasteiger partial charge in [0.1, 0.15) is 0 Å². The lowest BCUT2D eigenvalue weighted by molar-refractivity contribution is -0.122. The maximum Gasteiger partial charge on any atom is 0.227 e. The number of carbonyl (C=O) groups is 1. The Hall–Kier alpha value is -0.830. The highest BCUT2D eigenvalue weighted by Gasteiger charge is 2.25. The van der Waals surface area contributed by atoms with Gasteiger partial charge < -0.3 is 5.32 Å². The highest BCUT2D eigenvalue weighted by Crippen LogP contribution is 2.29. The Morgan fingerprint density at radius 3 is 2.31 bits per heavy atom. The molecule has 16 heavy (non-hydrogen) atoms. The molecule has 1 aromatic carbocycles. The maximum absolute atomic E-state index is 11.8. The van der Waals surface area contributed by atoms with E-state index in [2.05, 4.69) is 21.2 Å². The van der Waals surface area contributed by atoms with Crippen LogP contribution in [-0.4, -0.2) is 5.91 Å². The summed E-state index contributed by atoms with van der Waals surface area (Å²) < 4.78 is 1.12. The van der Waals surface area contributed by atoms with Gasteiger partial charge in [0, 0.05) is 16.1 Å². The lowest BCUT2D eigenvalue weighted by Gasteiger charge is -2.24. The Balaban J connectivity index is 2.12. The third-order valence-corrected chi connectivity index (χ3v) is 4.43. The first-order valence-electron chi connectivity index (χ1n) is 5.65. The Labute approximate surface area is 105 Å². The Kier molecular flexibility index (Phi) is 3.33. The van der Waals surface area contributed by atoms with E-state index in [1.54, 1.807) is 0 Å². The van der Waals surface area contributed by atoms with E-state index in [9.17, 15) is 4.79 Å². The number of halogens is 1. The van der Waals surface area contributed by atoms with Gasteiger partial charge in [-0.25, -0.2) is 0 Å². The molecule has 1 aromatic rings. The van der Waals surface area contributed by atoms with E-state index in [-0.39, 0.29) is 11.8 Å². The van der Waals surface area contributed by atoms with Gasteiger partial charge in [-0.1, -0.05) is 22.4 Å². The first kappa shape index (κ1) is 11.6. The van der Waals surface area contributed by atoms with Crippen molar-refractivity contribution in [2.75, 3.05) is 5.32 Å². The van der Waals surface area contributed by atoms with Crippen molar-refractivity contribution in [2.24, 2.45) is 5.92 Å². The lowest BCUT2D eigenvalue weighted by Crippen LogP contribution is -2.28. The lowest BCUT2D eigenvalue weighted by atomic mass is 9.85. The average molecular weight is 282 g/mol. The minimum absolute atomic E-state index is 0.173. The van der Waals surface area contributed by atoms with Crippen molar-refractivity contribution in [1.82, 2.24) is 0 Å². The summed E-state index contributed by atoms with van der Waals surface area (Å²) in [6.07, 6.45) is 3.27. The Bertz CT molecular complexity index is 401. The van der Waals surface area contributed by atoms with Crippen LogP contribution in [0, 0.1) is 19.8 Å². The van der Waals surface area contributed by atoms with E-state index in [1.807, 2.05) is 26.0 Å². The molecule has 0 heterocycles. The predicted molar refractivity (Wildman–Crippen MR) is 69.6 cm³/mol. The van der Waals surface area contributed by atoms with Crippen LogP contribution < -0.4 is 5.32 Å². The first-order valence-corrected chi connectivity index (χ1v) is 6.45. The van der Waals surface area contributed by atoms with Crippen LogP contribution in [0.4, 0.5) is 5.69 Å². The highest BCUT2D eigenvalue weighted by atomic mass is 79.9. The molecular weight excluding hydrogens is 266 g/mol. The molecule has 1 aliphatic carbocycles. The van der Waals surface area contributed by atoms with Crippen molar-refractivity contribution >= 4 is 27.5 Å². The standard InChI is InChI=1S/C13H16BrNO/c1-8-6-11(7-9(2)12(8)14)15-13(16)10-4-3-5-10/h6-7,10H,3-5H2,1-2H3,(H,15,16). The summed E-state index contributed by atoms with van der Waals surface area (Å²) in [6, 6.07) is 4.02. The van der Waals surface area contributed by atoms with Crippen LogP contribution in [-0.2, 0) is 4.79 Å². The van der Waals surface area contributed by atoms with Crippen molar-refractivity contribution in [3.63, 3.8) is 0 Å². The number of hydrogen-bond donors (Lipinski definition) is 1. The van der Waals surface area contributed by atoms with Crippen LogP contribution in [0.1, 0.15) is 30.4 Å². The third-order valence-electron chi connectivity index (χ3n) is 3.18. The summed E-state index contributed by atoms with van der Waals surface area (Å²) in [5, 5.41) is 2.99. The van der Waals surface area contributed by atoms with Gasteiger partial charge in [0.05, 0.1) is 0 Å². The van der Waals surface area contributed by atoms with Gasteiger partial charge in [0.25, 0.3) is 0 Å². The van der Waals surface area contributed by atoms with Crippen LogP contribution in [0.5, 0.6) is 0 Å². The summed E-state index contributed by atoms with van der Waals surface area (Å²) in [5.74, 6) is 0.414. The number of carbonyl (C=O) groups excluding carboxylic acids is 1. The molecule has 0 saturated heterocycles. The topological polar surface area (TPSA) is 29.1 Å². The van der Waals surface area contributed by atoms with Gasteiger partial charge in [-0.15, -0.1) is 0 Å². The number of hydrogen-bond acceptors (Lipinski definition) is 1. The second-order valence-electron chi connectivity index (χ2n) is 4.54. The van der Waals surface area contributed by atoms with E-state index in [4.69, 9.17) is 0 Å². The number of aryl methyl sites for hydroxylation is 2. The quantitative estimate of drug-likeness (QED) is 0.878. The molecule has 86 valence electrons. The zero-order valence-corrected chi connectivity index (χ0v) is 11.2. The van der Waals surface area contributed by atoms with E-state index in [1.165, 1.54) is 6.42 Å². The number of anilines is 1. The molecule has 0 spiro atoms. The predicted octanol–water partition coefficient (Wildman–Crippen LogP) is 3.80. The normalized spacial score (nSPS) is 15.7. The molecule has 2 rings (SSSR count). The molecule has 0 aliphatic heterocycles. The number of rotatable bonds is 2. The van der Waals surface area contributed by atoms with Crippen LogP contribution in [0.2, 0.25) is 0 Å². The van der Waals surface area contributed by atoms with E-state index >= 15 is 0 Å². The Morgan fingerprint density at radius 2 is 1.88 bits per heavy atom. The van der Waals surface area contributed by atoms with Crippen molar-refractivity contribution in [3.8, 4) is 0 Å². The molecule has 1 N–H and O–H groups in total. The summed E-state index contributed by atoms with van der Waals surface area (Å²) in [4.78, 5) is 11.8. The summed E-state index contributed by atoms with van der Waals surface area (Å²) in [6.45, 7) is 4.08. The highest BCUT2D eigenvalue weighted by molar-refractivity contribution is 9.10. The minimum Gasteiger partial charge on any atom is -0.326 e. The molecule has 1 amide bonds. The van der Waals surface area contributed by atoms with Gasteiger partial charge >= 0.3 is 0 Å². The molecule has 3 heteroatoms. The molecule has 1 saturated carbocycles. The van der Waals surface area contributed by atoms with Gasteiger partial charge in [-0.05, 0) is 49.9 Å².